The first-order valence-corrected chi connectivity index (χ1v) is 7.31. The summed E-state index contributed by atoms with van der Waals surface area (Å²) in [7, 11) is 0. The van der Waals surface area contributed by atoms with Crippen LogP contribution in [-0.2, 0) is 0 Å². The maximum Gasteiger partial charge on any atom is 0.276 e. The molecule has 0 fully saturated rings. The van der Waals surface area contributed by atoms with Crippen LogP contribution in [0.15, 0.2) is 48.5 Å². The molecule has 2 aromatic carbocycles. The number of benzene rings is 2. The average molecular weight is 308 g/mol. The van der Waals surface area contributed by atoms with Crippen molar-refractivity contribution in [3.05, 3.63) is 59.8 Å². The molecular weight excluding hydrogens is 292 g/mol. The Hall–Kier alpha value is -3.15. The van der Waals surface area contributed by atoms with Crippen LogP contribution in [0.4, 0.5) is 5.69 Å². The molecule has 116 valence electrons. The summed E-state index contributed by atoms with van der Waals surface area (Å²) in [6, 6.07) is 14.2. The van der Waals surface area contributed by atoms with Gasteiger partial charge in [-0.1, -0.05) is 18.2 Å². The molecule has 1 aromatic heterocycles. The number of amides is 2. The van der Waals surface area contributed by atoms with E-state index < -0.39 is 0 Å². The number of rotatable bonds is 4. The lowest BCUT2D eigenvalue weighted by Gasteiger charge is -2.06. The maximum absolute atomic E-state index is 12.3. The molecule has 0 unspecified atom stereocenters. The van der Waals surface area contributed by atoms with Gasteiger partial charge in [0.15, 0.2) is 5.69 Å². The number of H-pyrrole nitrogens is 1. The zero-order chi connectivity index (χ0) is 16.2. The van der Waals surface area contributed by atoms with Crippen molar-refractivity contribution in [2.24, 2.45) is 0 Å². The standard InChI is InChI=1S/C17H16N4O2/c1-2-18-16(22)11-7-9-12(10-8-11)19-17(23)15-13-5-3-4-6-14(13)20-21-15/h3-10H,2H2,1H3,(H,18,22)(H,19,23)(H,20,21). The number of nitrogens with zero attached hydrogens (tertiary/aromatic N) is 1. The number of hydrogen-bond acceptors (Lipinski definition) is 3. The van der Waals surface area contributed by atoms with Crippen LogP contribution < -0.4 is 10.6 Å². The van der Waals surface area contributed by atoms with Crippen molar-refractivity contribution in [3.63, 3.8) is 0 Å². The van der Waals surface area contributed by atoms with Gasteiger partial charge in [0.1, 0.15) is 0 Å². The van der Waals surface area contributed by atoms with Crippen LogP contribution in [0.25, 0.3) is 10.9 Å². The van der Waals surface area contributed by atoms with E-state index >= 15 is 0 Å². The van der Waals surface area contributed by atoms with Gasteiger partial charge in [-0.3, -0.25) is 14.7 Å². The molecule has 0 saturated carbocycles. The molecule has 6 nitrogen and oxygen atoms in total. The minimum Gasteiger partial charge on any atom is -0.352 e. The summed E-state index contributed by atoms with van der Waals surface area (Å²) in [4.78, 5) is 24.0. The average Bonchev–Trinajstić information content (AvgIpc) is 3.00. The molecule has 3 N–H and O–H groups in total. The van der Waals surface area contributed by atoms with Crippen LogP contribution in [0, 0.1) is 0 Å². The van der Waals surface area contributed by atoms with Gasteiger partial charge in [0.05, 0.1) is 5.52 Å². The number of nitrogens with one attached hydrogen (secondary N) is 3. The number of aromatic nitrogens is 2. The molecule has 0 saturated heterocycles. The van der Waals surface area contributed by atoms with Crippen molar-refractivity contribution in [3.8, 4) is 0 Å². The van der Waals surface area contributed by atoms with Crippen molar-refractivity contribution in [2.75, 3.05) is 11.9 Å². The Kier molecular flexibility index (Phi) is 4.05. The second-order valence-electron chi connectivity index (χ2n) is 5.01. The molecule has 0 atom stereocenters. The Morgan fingerprint density at radius 3 is 2.52 bits per heavy atom. The van der Waals surface area contributed by atoms with Crippen LogP contribution in [0.5, 0.6) is 0 Å². The Morgan fingerprint density at radius 1 is 1.04 bits per heavy atom. The van der Waals surface area contributed by atoms with E-state index in [0.29, 0.717) is 23.5 Å². The fourth-order valence-electron chi connectivity index (χ4n) is 2.29. The minimum atomic E-state index is -0.298. The van der Waals surface area contributed by atoms with Crippen molar-refractivity contribution >= 4 is 28.4 Å². The summed E-state index contributed by atoms with van der Waals surface area (Å²) in [6.45, 7) is 2.43. The number of anilines is 1. The van der Waals surface area contributed by atoms with Gasteiger partial charge in [0, 0.05) is 23.2 Å². The van der Waals surface area contributed by atoms with Gasteiger partial charge in [0.25, 0.3) is 11.8 Å². The molecule has 0 spiro atoms. The summed E-state index contributed by atoms with van der Waals surface area (Å²) in [5.74, 6) is -0.433. The third-order valence-corrected chi connectivity index (χ3v) is 3.43. The van der Waals surface area contributed by atoms with E-state index in [4.69, 9.17) is 0 Å². The lowest BCUT2D eigenvalue weighted by molar-refractivity contribution is 0.0955. The highest BCUT2D eigenvalue weighted by Gasteiger charge is 2.14. The first kappa shape index (κ1) is 14.8. The predicted molar refractivity (Wildman–Crippen MR) is 88.5 cm³/mol. The highest BCUT2D eigenvalue weighted by molar-refractivity contribution is 6.11. The van der Waals surface area contributed by atoms with E-state index in [2.05, 4.69) is 20.8 Å². The Bertz CT molecular complexity index is 852. The lowest BCUT2D eigenvalue weighted by Crippen LogP contribution is -2.22. The molecule has 2 amide bonds. The summed E-state index contributed by atoms with van der Waals surface area (Å²) in [5.41, 5.74) is 2.31. The number of para-hydroxylation sites is 1. The monoisotopic (exact) mass is 308 g/mol. The first-order valence-electron chi connectivity index (χ1n) is 7.31. The number of carbonyl (C=O) groups excluding carboxylic acids is 2. The SMILES string of the molecule is CCNC(=O)c1ccc(NC(=O)c2n[nH]c3ccccc23)cc1. The molecule has 3 aromatic rings. The number of fused-ring (bicyclic) bond motifs is 1. The van der Waals surface area contributed by atoms with Gasteiger partial charge in [0.2, 0.25) is 0 Å². The summed E-state index contributed by atoms with van der Waals surface area (Å²) >= 11 is 0. The summed E-state index contributed by atoms with van der Waals surface area (Å²) < 4.78 is 0. The van der Waals surface area contributed by atoms with Gasteiger partial charge in [-0.2, -0.15) is 5.10 Å². The number of aromatic amines is 1. The molecule has 0 aliphatic heterocycles. The predicted octanol–water partition coefficient (Wildman–Crippen LogP) is 2.56. The second kappa shape index (κ2) is 6.31. The van der Waals surface area contributed by atoms with E-state index in [1.165, 1.54) is 0 Å². The quantitative estimate of drug-likeness (QED) is 0.692. The van der Waals surface area contributed by atoms with Crippen molar-refractivity contribution < 1.29 is 9.59 Å². The third-order valence-electron chi connectivity index (χ3n) is 3.43. The van der Waals surface area contributed by atoms with Gasteiger partial charge in [-0.25, -0.2) is 0 Å². The topological polar surface area (TPSA) is 86.9 Å². The third kappa shape index (κ3) is 3.06. The molecule has 6 heteroatoms. The Balaban J connectivity index is 1.76. The van der Waals surface area contributed by atoms with Crippen LogP contribution in [-0.4, -0.2) is 28.6 Å². The van der Waals surface area contributed by atoms with E-state index in [1.54, 1.807) is 24.3 Å². The fraction of sp³-hybridized carbons (Fsp3) is 0.118. The normalized spacial score (nSPS) is 10.5. The molecule has 23 heavy (non-hydrogen) atoms. The van der Waals surface area contributed by atoms with E-state index in [1.807, 2.05) is 31.2 Å². The van der Waals surface area contributed by atoms with Crippen LogP contribution >= 0.6 is 0 Å². The molecule has 0 bridgehead atoms. The van der Waals surface area contributed by atoms with Gasteiger partial charge in [-0.15, -0.1) is 0 Å². The first-order chi connectivity index (χ1) is 11.2. The maximum atomic E-state index is 12.3. The second-order valence-corrected chi connectivity index (χ2v) is 5.01. The largest absolute Gasteiger partial charge is 0.352 e. The van der Waals surface area contributed by atoms with E-state index in [0.717, 1.165) is 10.9 Å². The fourth-order valence-corrected chi connectivity index (χ4v) is 2.29. The molecule has 1 heterocycles. The molecule has 0 aliphatic carbocycles. The summed E-state index contributed by atoms with van der Waals surface area (Å²) in [6.07, 6.45) is 0. The minimum absolute atomic E-state index is 0.135. The van der Waals surface area contributed by atoms with Crippen molar-refractivity contribution in [1.29, 1.82) is 0 Å². The van der Waals surface area contributed by atoms with Crippen molar-refractivity contribution in [2.45, 2.75) is 6.92 Å². The van der Waals surface area contributed by atoms with E-state index in [-0.39, 0.29) is 11.8 Å². The zero-order valence-corrected chi connectivity index (χ0v) is 12.6. The zero-order valence-electron chi connectivity index (χ0n) is 12.6. The molecule has 0 aliphatic rings. The van der Waals surface area contributed by atoms with Crippen LogP contribution in [0.2, 0.25) is 0 Å². The van der Waals surface area contributed by atoms with Crippen molar-refractivity contribution in [1.82, 2.24) is 15.5 Å². The highest BCUT2D eigenvalue weighted by atomic mass is 16.2. The molecule has 3 rings (SSSR count). The van der Waals surface area contributed by atoms with E-state index in [9.17, 15) is 9.59 Å². The molecular formula is C17H16N4O2. The smallest absolute Gasteiger partial charge is 0.276 e. The lowest BCUT2D eigenvalue weighted by atomic mass is 10.1. The van der Waals surface area contributed by atoms with Crippen LogP contribution in [0.3, 0.4) is 0 Å². The van der Waals surface area contributed by atoms with Gasteiger partial charge in [-0.05, 0) is 37.3 Å². The molecule has 0 radical (unpaired) electrons. The number of carbonyl (C=O) groups is 2. The summed E-state index contributed by atoms with van der Waals surface area (Å²) in [5, 5.41) is 13.2. The van der Waals surface area contributed by atoms with Gasteiger partial charge < -0.3 is 10.6 Å². The highest BCUT2D eigenvalue weighted by Crippen LogP contribution is 2.17. The number of hydrogen-bond donors (Lipinski definition) is 3. The Labute approximate surface area is 132 Å². The van der Waals surface area contributed by atoms with Gasteiger partial charge >= 0.3 is 0 Å². The Morgan fingerprint density at radius 2 is 1.78 bits per heavy atom. The van der Waals surface area contributed by atoms with Crippen LogP contribution in [0.1, 0.15) is 27.8 Å².